The summed E-state index contributed by atoms with van der Waals surface area (Å²) < 4.78 is 168. The topological polar surface area (TPSA) is 192 Å². The number of phosphoric acid groups is 1. The Hall–Kier alpha value is -2.24. The Morgan fingerprint density at radius 1 is 1.17 bits per heavy atom. The number of carbonyl (C=O) groups excluding carboxylic acids is 1. The Labute approximate surface area is 305 Å². The van der Waals surface area contributed by atoms with Gasteiger partial charge in [-0.2, -0.15) is 4.98 Å². The average molecular weight is 640 g/mol. The molecule has 42 heavy (non-hydrogen) atoms. The van der Waals surface area contributed by atoms with Crippen molar-refractivity contribution in [1.29, 1.82) is 0 Å². The molecule has 0 atom stereocenters. The van der Waals surface area contributed by atoms with Gasteiger partial charge in [-0.25, -0.2) is 14.4 Å². The van der Waals surface area contributed by atoms with Crippen molar-refractivity contribution in [3.05, 3.63) is 36.2 Å². The second-order valence-electron chi connectivity index (χ2n) is 7.84. The number of nitrogens with zero attached hydrogens (tertiary/aromatic N) is 4. The van der Waals surface area contributed by atoms with Crippen molar-refractivity contribution in [1.82, 2.24) is 15.0 Å². The number of rotatable bonds is 10. The van der Waals surface area contributed by atoms with E-state index in [4.69, 9.17) is 34.8 Å². The first-order chi connectivity index (χ1) is 24.8. The number of benzene rings is 1. The maximum Gasteiger partial charge on any atom is 1.00 e. The maximum atomic E-state index is 15.4. The molecule has 0 unspecified atom stereocenters. The largest absolute Gasteiger partial charge is 1.00 e. The molecule has 0 saturated carbocycles. The summed E-state index contributed by atoms with van der Waals surface area (Å²) in [4.78, 5) is 46.9. The fraction of sp³-hybridized carbons (Fsp3) is 0.304. The summed E-state index contributed by atoms with van der Waals surface area (Å²) in [6, 6.07) is -4.39. The monoisotopic (exact) mass is 639 g/mol. The first kappa shape index (κ1) is 19.2. The van der Waals surface area contributed by atoms with Crippen molar-refractivity contribution in [2.45, 2.75) is 19.4 Å². The summed E-state index contributed by atoms with van der Waals surface area (Å²) >= 11 is 0. The van der Waals surface area contributed by atoms with Crippen LogP contribution in [0.5, 0.6) is 23.0 Å². The number of anilines is 5. The SMILES string of the molecule is [2H]c1nc(N([2H])c2c([2H])c(OC([2H])([2H])[2H])c(OC([2H])([2H])[2H])c(OC([2H])([2H])[2H])c2[2H])nc(Nc2nc3c(c([2H])c2[2H])OC(C)(C)C(=O)N3COP(=O)([O-])[O-])c1F.[Na+].[Na+]. The zero-order valence-electron chi connectivity index (χ0n) is 36.9. The van der Waals surface area contributed by atoms with Crippen LogP contribution >= 0.6 is 7.82 Å². The minimum Gasteiger partial charge on any atom is -0.790 e. The number of hydrogen-bond donors (Lipinski definition) is 2. The van der Waals surface area contributed by atoms with E-state index in [0.29, 0.717) is 4.90 Å². The number of carbonyl (C=O) groups is 1. The van der Waals surface area contributed by atoms with E-state index in [9.17, 15) is 19.1 Å². The minimum absolute atomic E-state index is 0. The molecule has 4 rings (SSSR count). The number of hydrogen-bond acceptors (Lipinski definition) is 14. The van der Waals surface area contributed by atoms with E-state index in [0.717, 1.165) is 0 Å². The van der Waals surface area contributed by atoms with Gasteiger partial charge >= 0.3 is 59.1 Å². The van der Waals surface area contributed by atoms with Gasteiger partial charge in [0.2, 0.25) is 11.7 Å². The van der Waals surface area contributed by atoms with E-state index in [1.54, 1.807) is 0 Å². The normalized spacial score (nSPS) is 19.6. The summed E-state index contributed by atoms with van der Waals surface area (Å²) in [5.74, 6) is -11.2. The Bertz CT molecular complexity index is 2050. The van der Waals surface area contributed by atoms with Crippen molar-refractivity contribution in [2.24, 2.45) is 0 Å². The van der Waals surface area contributed by atoms with Gasteiger partial charge in [0.15, 0.2) is 41.7 Å². The molecule has 3 aromatic rings. The molecule has 0 bridgehead atoms. The summed E-state index contributed by atoms with van der Waals surface area (Å²) in [5, 5.41) is 2.01. The van der Waals surface area contributed by atoms with Crippen LogP contribution in [0.25, 0.3) is 0 Å². The van der Waals surface area contributed by atoms with Gasteiger partial charge in [0.05, 0.1) is 54.3 Å². The number of methoxy groups -OCH3 is 3. The second-order valence-corrected chi connectivity index (χ2v) is 8.99. The molecule has 1 aromatic carbocycles. The average Bonchev–Trinajstić information content (AvgIpc) is 3.00. The first-order valence-corrected chi connectivity index (χ1v) is 11.8. The Morgan fingerprint density at radius 2 is 1.83 bits per heavy atom. The fourth-order valence-corrected chi connectivity index (χ4v) is 3.32. The third-order valence-electron chi connectivity index (χ3n) is 4.74. The molecule has 0 radical (unpaired) electrons. The van der Waals surface area contributed by atoms with Gasteiger partial charge in [0.25, 0.3) is 5.91 Å². The first-order valence-electron chi connectivity index (χ1n) is 17.8. The van der Waals surface area contributed by atoms with Crippen molar-refractivity contribution in [3.63, 3.8) is 0 Å². The van der Waals surface area contributed by atoms with Gasteiger partial charge in [0, 0.05) is 17.8 Å². The van der Waals surface area contributed by atoms with E-state index in [1.165, 1.54) is 13.8 Å². The molecule has 0 fully saturated rings. The fourth-order valence-electron chi connectivity index (χ4n) is 3.06. The molecule has 1 aliphatic rings. The summed E-state index contributed by atoms with van der Waals surface area (Å²) in [6.07, 6.45) is -1.34. The molecular weight excluding hydrogens is 600 g/mol. The number of phosphoric ester groups is 1. The number of amides is 1. The molecule has 0 aliphatic carbocycles. The summed E-state index contributed by atoms with van der Waals surface area (Å²) in [7, 11) is -16.2. The Balaban J connectivity index is 0.00000561. The Morgan fingerprint density at radius 3 is 2.45 bits per heavy atom. The number of ether oxygens (including phenoxy) is 4. The second kappa shape index (κ2) is 14.5. The molecule has 3 heterocycles. The van der Waals surface area contributed by atoms with E-state index in [2.05, 4.69) is 29.5 Å². The van der Waals surface area contributed by atoms with Gasteiger partial charge in [-0.05, 0) is 25.9 Å². The molecule has 0 spiro atoms. The molecule has 1 aliphatic heterocycles. The van der Waals surface area contributed by atoms with Crippen LogP contribution in [-0.2, 0) is 13.9 Å². The minimum atomic E-state index is -5.70. The van der Waals surface area contributed by atoms with Crippen molar-refractivity contribution in [2.75, 3.05) is 43.4 Å². The van der Waals surface area contributed by atoms with Gasteiger partial charge < -0.3 is 48.4 Å². The standard InChI is InChI=1S/C23H26FN6O9P.2Na/c1-23(2)21(31)30(11-38-40(32,33)34)20-14(39-23)6-7-17(28-20)27-19-13(24)10-25-22(29-19)26-12-8-15(35-3)18(37-5)16(9-12)36-4;;/h6-10H,11H2,1-5H3,(H2,32,33,34)(H2,25,26,27,28,29);;/q;2*+1/p-2/i3D3,4D3,5D3,6D,7D,8D,9D,10D;;/hD. The van der Waals surface area contributed by atoms with E-state index >= 15 is 4.39 Å². The predicted molar refractivity (Wildman–Crippen MR) is 135 cm³/mol. The third kappa shape index (κ3) is 8.23. The number of nitrogens with one attached hydrogen (secondary N) is 2. The Kier molecular flexibility index (Phi) is 6.63. The molecule has 19 heteroatoms. The number of halogens is 1. The molecule has 2 N–H and O–H groups in total. The molecular formula is C23H24FN6Na2O9P. The number of pyridine rings is 1. The predicted octanol–water partition coefficient (Wildman–Crippen LogP) is -4.16. The summed E-state index contributed by atoms with van der Waals surface area (Å²) in [5.41, 5.74) is -3.01. The third-order valence-corrected chi connectivity index (χ3v) is 5.17. The zero-order valence-corrected chi connectivity index (χ0v) is 26.8. The van der Waals surface area contributed by atoms with Gasteiger partial charge in [-0.15, -0.1) is 0 Å². The van der Waals surface area contributed by atoms with E-state index in [1.807, 2.05) is 0 Å². The molecule has 15 nitrogen and oxygen atoms in total. The van der Waals surface area contributed by atoms with Crippen LogP contribution in [-0.4, -0.2) is 54.3 Å². The van der Waals surface area contributed by atoms with Crippen LogP contribution in [0, 0.1) is 5.82 Å². The van der Waals surface area contributed by atoms with Crippen LogP contribution in [0.1, 0.15) is 33.0 Å². The van der Waals surface area contributed by atoms with Crippen LogP contribution in [0.2, 0.25) is 1.41 Å². The van der Waals surface area contributed by atoms with E-state index < -0.39 is 135 Å². The quantitative estimate of drug-likeness (QED) is 0.160. The van der Waals surface area contributed by atoms with Crippen LogP contribution in [0.3, 0.4) is 0 Å². The van der Waals surface area contributed by atoms with Crippen LogP contribution < -0.4 is 103 Å². The smallest absolute Gasteiger partial charge is 0.790 e. The van der Waals surface area contributed by atoms with Gasteiger partial charge in [-0.1, -0.05) is 0 Å². The summed E-state index contributed by atoms with van der Waals surface area (Å²) in [6.45, 7) is 1.12. The number of fused-ring (bicyclic) bond motifs is 1. The van der Waals surface area contributed by atoms with Crippen molar-refractivity contribution < 1.29 is 127 Å². The molecule has 1 amide bonds. The molecule has 0 saturated heterocycles. The number of aromatic nitrogens is 3. The van der Waals surface area contributed by atoms with Crippen LogP contribution in [0.4, 0.5) is 33.5 Å². The molecule has 214 valence electrons. The zero-order chi connectivity index (χ0) is 42.0. The van der Waals surface area contributed by atoms with E-state index in [-0.39, 0.29) is 64.4 Å². The van der Waals surface area contributed by atoms with Crippen LogP contribution in [0.15, 0.2) is 30.3 Å². The maximum absolute atomic E-state index is 15.4. The van der Waals surface area contributed by atoms with Crippen molar-refractivity contribution in [3.8, 4) is 23.0 Å². The molecule has 2 aromatic heterocycles. The van der Waals surface area contributed by atoms with Gasteiger partial charge in [0.1, 0.15) is 12.5 Å². The van der Waals surface area contributed by atoms with Gasteiger partial charge in [-0.3, -0.25) is 9.69 Å². The van der Waals surface area contributed by atoms with Crippen molar-refractivity contribution >= 4 is 42.8 Å².